The molecule has 0 aliphatic carbocycles. The molecule has 2 rings (SSSR count). The Morgan fingerprint density at radius 3 is 2.93 bits per heavy atom. The molecule has 3 nitrogen and oxygen atoms in total. The molecule has 0 spiro atoms. The minimum atomic E-state index is 0.866. The summed E-state index contributed by atoms with van der Waals surface area (Å²) in [7, 11) is 4.05. The highest BCUT2D eigenvalue weighted by Gasteiger charge is 2.20. The average molecular weight is 316 g/mol. The van der Waals surface area contributed by atoms with Gasteiger partial charge in [0.1, 0.15) is 5.75 Å². The van der Waals surface area contributed by atoms with Crippen LogP contribution in [0.1, 0.15) is 5.56 Å². The van der Waals surface area contributed by atoms with Gasteiger partial charge < -0.3 is 13.3 Å². The Hall–Kier alpha value is -0.910. The van der Waals surface area contributed by atoms with Gasteiger partial charge in [0.25, 0.3) is 0 Å². The van der Waals surface area contributed by atoms with Gasteiger partial charge in [0.2, 0.25) is 0 Å². The molecule has 0 bridgehead atoms. The molecule has 0 unspecified atom stereocenters. The first-order valence-corrected chi connectivity index (χ1v) is 5.63. The van der Waals surface area contributed by atoms with Crippen molar-refractivity contribution in [1.82, 2.24) is 4.90 Å². The fourth-order valence-corrected chi connectivity index (χ4v) is 2.14. The van der Waals surface area contributed by atoms with Crippen molar-refractivity contribution in [2.75, 3.05) is 26.0 Å². The molecule has 1 aliphatic heterocycles. The van der Waals surface area contributed by atoms with E-state index < -0.39 is 0 Å². The third kappa shape index (κ3) is 2.04. The Bertz CT molecular complexity index is 402. The van der Waals surface area contributed by atoms with Crippen LogP contribution in [0.4, 0.5) is 5.69 Å². The summed E-state index contributed by atoms with van der Waals surface area (Å²) >= 11 is 1.92. The number of nitrogens with one attached hydrogen (secondary N) is 1. The van der Waals surface area contributed by atoms with E-state index in [1.165, 1.54) is 11.1 Å². The number of benzene rings is 1. The fourth-order valence-electron chi connectivity index (χ4n) is 1.77. The minimum Gasteiger partial charge on any atom is -0.427 e. The normalized spacial score (nSPS) is 16.1. The maximum atomic E-state index is 5.34. The van der Waals surface area contributed by atoms with Crippen LogP contribution >= 0.6 is 23.0 Å². The number of hydrogen-bond acceptors (Lipinski definition) is 3. The summed E-state index contributed by atoms with van der Waals surface area (Å²) in [5, 5.41) is 3.35. The number of rotatable bonds is 2. The molecule has 1 heterocycles. The van der Waals surface area contributed by atoms with Gasteiger partial charge in [-0.05, 0) is 12.1 Å². The first-order chi connectivity index (χ1) is 7.22. The van der Waals surface area contributed by atoms with E-state index in [2.05, 4.69) is 22.5 Å². The number of nitrogens with zero attached hydrogens (tertiary/aromatic N) is 1. The summed E-state index contributed by atoms with van der Waals surface area (Å²) in [6.45, 7) is 0.866. The third-order valence-corrected chi connectivity index (χ3v) is 2.79. The zero-order valence-corrected chi connectivity index (χ0v) is 10.9. The maximum Gasteiger partial charge on any atom is 0.192 e. The van der Waals surface area contributed by atoms with Crippen LogP contribution in [0.25, 0.3) is 5.57 Å². The molecular weight excluding hydrogens is 303 g/mol. The van der Waals surface area contributed by atoms with Crippen molar-refractivity contribution in [2.45, 2.75) is 0 Å². The van der Waals surface area contributed by atoms with Gasteiger partial charge in [0.05, 0.1) is 0 Å². The summed E-state index contributed by atoms with van der Waals surface area (Å²) in [6.07, 6.45) is 2.12. The Labute approximate surface area is 104 Å². The number of anilines is 1. The van der Waals surface area contributed by atoms with Gasteiger partial charge in [0.15, 0.2) is 23.0 Å². The highest BCUT2D eigenvalue weighted by molar-refractivity contribution is 14.1. The van der Waals surface area contributed by atoms with Crippen molar-refractivity contribution >= 4 is 34.3 Å². The second-order valence-electron chi connectivity index (χ2n) is 3.73. The van der Waals surface area contributed by atoms with Crippen LogP contribution in [0, 0.1) is 0 Å². The second kappa shape index (κ2) is 4.30. The van der Waals surface area contributed by atoms with E-state index in [1.807, 2.05) is 49.2 Å². The lowest BCUT2D eigenvalue weighted by Crippen LogP contribution is -2.03. The van der Waals surface area contributed by atoms with Crippen LogP contribution in [0.2, 0.25) is 0 Å². The molecule has 1 N–H and O–H groups in total. The lowest BCUT2D eigenvalue weighted by Gasteiger charge is -2.09. The van der Waals surface area contributed by atoms with E-state index in [9.17, 15) is 0 Å². The molecule has 15 heavy (non-hydrogen) atoms. The summed E-state index contributed by atoms with van der Waals surface area (Å²) in [6, 6.07) is 6.06. The van der Waals surface area contributed by atoms with Gasteiger partial charge in [-0.2, -0.15) is 0 Å². The predicted molar refractivity (Wildman–Crippen MR) is 71.2 cm³/mol. The van der Waals surface area contributed by atoms with Crippen molar-refractivity contribution in [3.05, 3.63) is 30.0 Å². The Morgan fingerprint density at radius 2 is 2.27 bits per heavy atom. The quantitative estimate of drug-likeness (QED) is 0.849. The van der Waals surface area contributed by atoms with Crippen LogP contribution in [-0.4, -0.2) is 25.5 Å². The smallest absolute Gasteiger partial charge is 0.192 e. The molecule has 0 saturated carbocycles. The molecular formula is C11H13IN2O. The lowest BCUT2D eigenvalue weighted by atomic mass is 10.1. The summed E-state index contributed by atoms with van der Waals surface area (Å²) in [4.78, 5) is 2.05. The van der Waals surface area contributed by atoms with Gasteiger partial charge in [0, 0.05) is 43.7 Å². The van der Waals surface area contributed by atoms with Gasteiger partial charge in [-0.3, -0.25) is 0 Å². The molecule has 0 saturated heterocycles. The summed E-state index contributed by atoms with van der Waals surface area (Å²) < 4.78 is 5.34. The van der Waals surface area contributed by atoms with E-state index in [0.717, 1.165) is 18.0 Å². The van der Waals surface area contributed by atoms with Crippen molar-refractivity contribution in [2.24, 2.45) is 0 Å². The lowest BCUT2D eigenvalue weighted by molar-refractivity contribution is 0.565. The molecule has 1 aromatic rings. The molecule has 0 atom stereocenters. The second-order valence-corrected chi connectivity index (χ2v) is 4.17. The standard InChI is InChI=1S/C11H13IN2O/c1-14(2)7-8-6-13-9-4-3-5-10(15-12)11(8)9/h3-5,7,13H,6H2,1-2H3. The summed E-state index contributed by atoms with van der Waals surface area (Å²) in [5.41, 5.74) is 3.60. The van der Waals surface area contributed by atoms with Crippen LogP contribution in [0.3, 0.4) is 0 Å². The topological polar surface area (TPSA) is 24.5 Å². The van der Waals surface area contributed by atoms with E-state index in [4.69, 9.17) is 3.07 Å². The predicted octanol–water partition coefficient (Wildman–Crippen LogP) is 2.74. The molecule has 0 aromatic heterocycles. The van der Waals surface area contributed by atoms with Crippen LogP contribution in [0.5, 0.6) is 5.75 Å². The van der Waals surface area contributed by atoms with Gasteiger partial charge >= 0.3 is 0 Å². The third-order valence-electron chi connectivity index (χ3n) is 2.31. The van der Waals surface area contributed by atoms with E-state index in [-0.39, 0.29) is 0 Å². The number of halogens is 1. The number of fused-ring (bicyclic) bond motifs is 1. The first-order valence-electron chi connectivity index (χ1n) is 4.75. The summed E-state index contributed by atoms with van der Waals surface area (Å²) in [5.74, 6) is 0.922. The van der Waals surface area contributed by atoms with Gasteiger partial charge in [-0.1, -0.05) is 6.07 Å². The Balaban J connectivity index is 2.48. The Morgan fingerprint density at radius 1 is 1.47 bits per heavy atom. The van der Waals surface area contributed by atoms with Crippen LogP contribution in [0.15, 0.2) is 24.4 Å². The van der Waals surface area contributed by atoms with Crippen LogP contribution < -0.4 is 8.38 Å². The maximum absolute atomic E-state index is 5.34. The molecule has 4 heteroatoms. The minimum absolute atomic E-state index is 0.866. The highest BCUT2D eigenvalue weighted by Crippen LogP contribution is 2.38. The van der Waals surface area contributed by atoms with Crippen molar-refractivity contribution in [1.29, 1.82) is 0 Å². The molecule has 0 fully saturated rings. The zero-order chi connectivity index (χ0) is 10.8. The first kappa shape index (κ1) is 10.6. The number of hydrogen-bond donors (Lipinski definition) is 1. The largest absolute Gasteiger partial charge is 0.427 e. The van der Waals surface area contributed by atoms with Crippen molar-refractivity contribution in [3.63, 3.8) is 0 Å². The van der Waals surface area contributed by atoms with E-state index in [1.54, 1.807) is 0 Å². The van der Waals surface area contributed by atoms with E-state index in [0.29, 0.717) is 0 Å². The van der Waals surface area contributed by atoms with Crippen molar-refractivity contribution in [3.8, 4) is 5.75 Å². The highest BCUT2D eigenvalue weighted by atomic mass is 127. The molecule has 0 amide bonds. The van der Waals surface area contributed by atoms with Gasteiger partial charge in [-0.25, -0.2) is 0 Å². The molecule has 80 valence electrons. The van der Waals surface area contributed by atoms with Crippen molar-refractivity contribution < 1.29 is 3.07 Å². The monoisotopic (exact) mass is 316 g/mol. The van der Waals surface area contributed by atoms with Crippen LogP contribution in [-0.2, 0) is 0 Å². The SMILES string of the molecule is CN(C)C=C1CNc2cccc(OI)c21. The molecule has 1 aromatic carbocycles. The Kier molecular flexibility index (Phi) is 3.04. The van der Waals surface area contributed by atoms with E-state index >= 15 is 0 Å². The van der Waals surface area contributed by atoms with Gasteiger partial charge in [-0.15, -0.1) is 0 Å². The average Bonchev–Trinajstić information content (AvgIpc) is 2.61. The molecule has 0 radical (unpaired) electrons. The molecule has 1 aliphatic rings. The fraction of sp³-hybridized carbons (Fsp3) is 0.273. The zero-order valence-electron chi connectivity index (χ0n) is 8.75.